The van der Waals surface area contributed by atoms with E-state index in [1.54, 1.807) is 0 Å². The van der Waals surface area contributed by atoms with Crippen LogP contribution in [0.15, 0.2) is 0 Å². The van der Waals surface area contributed by atoms with Gasteiger partial charge in [0.05, 0.1) is 18.6 Å². The zero-order valence-electron chi connectivity index (χ0n) is 18.0. The highest BCUT2D eigenvalue weighted by Gasteiger charge is 2.37. The molecule has 0 atom stereocenters. The zero-order chi connectivity index (χ0) is 22.5. The number of esters is 4. The molecule has 0 aliphatic rings. The van der Waals surface area contributed by atoms with Crippen LogP contribution in [0.3, 0.4) is 0 Å². The van der Waals surface area contributed by atoms with Gasteiger partial charge in [-0.05, 0) is 6.42 Å². The molecule has 0 aliphatic heterocycles. The van der Waals surface area contributed by atoms with Gasteiger partial charge in [-0.2, -0.15) is 0 Å². The minimum atomic E-state index is -1.22. The van der Waals surface area contributed by atoms with Crippen molar-refractivity contribution in [3.8, 4) is 0 Å². The summed E-state index contributed by atoms with van der Waals surface area (Å²) < 4.78 is 31.5. The number of carbonyl (C=O) groups excluding carboxylic acids is 4. The van der Waals surface area contributed by atoms with E-state index in [0.29, 0.717) is 6.42 Å². The number of hydrogen-bond acceptors (Lipinski definition) is 10. The third-order valence-electron chi connectivity index (χ3n) is 4.20. The molecule has 29 heavy (non-hydrogen) atoms. The molecule has 0 radical (unpaired) electrons. The van der Waals surface area contributed by atoms with Gasteiger partial charge in [-0.25, -0.2) is 0 Å². The average Bonchev–Trinajstić information content (AvgIpc) is 2.65. The topological polar surface area (TPSA) is 124 Å². The summed E-state index contributed by atoms with van der Waals surface area (Å²) in [5, 5.41) is 0. The summed E-state index contributed by atoms with van der Waals surface area (Å²) in [6.45, 7) is 6.43. The number of ether oxygens (including phenoxy) is 6. The molecule has 0 saturated heterocycles. The fourth-order valence-electron chi connectivity index (χ4n) is 2.16. The van der Waals surface area contributed by atoms with Crippen molar-refractivity contribution in [3.05, 3.63) is 0 Å². The Balaban J connectivity index is 5.24. The fraction of sp³-hybridized carbons (Fsp3) is 0.789. The Labute approximate surface area is 171 Å². The summed E-state index contributed by atoms with van der Waals surface area (Å²) in [4.78, 5) is 44.9. The van der Waals surface area contributed by atoms with Gasteiger partial charge in [-0.3, -0.25) is 19.2 Å². The first-order chi connectivity index (χ1) is 13.5. The van der Waals surface area contributed by atoms with Gasteiger partial charge in [0.1, 0.15) is 26.4 Å². The van der Waals surface area contributed by atoms with Crippen molar-refractivity contribution in [1.29, 1.82) is 0 Å². The van der Waals surface area contributed by atoms with E-state index >= 15 is 0 Å². The van der Waals surface area contributed by atoms with Crippen molar-refractivity contribution in [2.24, 2.45) is 5.41 Å². The second-order valence-electron chi connectivity index (χ2n) is 6.85. The highest BCUT2D eigenvalue weighted by atomic mass is 16.6. The van der Waals surface area contributed by atoms with Crippen LogP contribution in [0.25, 0.3) is 0 Å². The van der Waals surface area contributed by atoms with Gasteiger partial charge < -0.3 is 28.4 Å². The van der Waals surface area contributed by atoms with Crippen molar-refractivity contribution >= 4 is 23.9 Å². The summed E-state index contributed by atoms with van der Waals surface area (Å²) in [5.74, 6) is -1.99. The predicted molar refractivity (Wildman–Crippen MR) is 99.8 cm³/mol. The van der Waals surface area contributed by atoms with E-state index in [-0.39, 0.29) is 39.6 Å². The highest BCUT2D eigenvalue weighted by molar-refractivity contribution is 5.67. The van der Waals surface area contributed by atoms with E-state index in [1.165, 1.54) is 34.8 Å². The van der Waals surface area contributed by atoms with Gasteiger partial charge in [0.25, 0.3) is 0 Å². The predicted octanol–water partition coefficient (Wildman–Crippen LogP) is 1.04. The zero-order valence-corrected chi connectivity index (χ0v) is 18.0. The van der Waals surface area contributed by atoms with Crippen LogP contribution in [-0.4, -0.2) is 76.2 Å². The minimum Gasteiger partial charge on any atom is -0.465 e. The van der Waals surface area contributed by atoms with Crippen LogP contribution in [0, 0.1) is 5.41 Å². The molecule has 0 amide bonds. The maximum atomic E-state index is 11.2. The highest BCUT2D eigenvalue weighted by Crippen LogP contribution is 2.25. The number of carbonyl (C=O) groups is 4. The molecule has 10 heteroatoms. The Morgan fingerprint density at radius 1 is 0.621 bits per heavy atom. The number of rotatable bonds is 14. The molecule has 168 valence electrons. The van der Waals surface area contributed by atoms with Crippen molar-refractivity contribution < 1.29 is 47.6 Å². The minimum absolute atomic E-state index is 0.0139. The van der Waals surface area contributed by atoms with Crippen LogP contribution in [0.2, 0.25) is 0 Å². The Kier molecular flexibility index (Phi) is 12.1. The average molecular weight is 420 g/mol. The molecule has 0 aromatic rings. The quantitative estimate of drug-likeness (QED) is 0.297. The van der Waals surface area contributed by atoms with Crippen LogP contribution < -0.4 is 0 Å². The normalized spacial score (nSPS) is 11.5. The third kappa shape index (κ3) is 11.4. The van der Waals surface area contributed by atoms with Crippen molar-refractivity contribution in [2.75, 3.05) is 46.8 Å². The number of methoxy groups -OCH3 is 1. The van der Waals surface area contributed by atoms with Gasteiger partial charge in [0.2, 0.25) is 0 Å². The molecule has 0 aromatic heterocycles. The molecule has 10 nitrogen and oxygen atoms in total. The molecule has 0 bridgehead atoms. The van der Waals surface area contributed by atoms with Gasteiger partial charge >= 0.3 is 23.9 Å². The van der Waals surface area contributed by atoms with Crippen LogP contribution in [-0.2, 0) is 47.6 Å². The fourth-order valence-corrected chi connectivity index (χ4v) is 2.16. The standard InChI is InChI=1S/C19H32O10/c1-7-18(9-26-14(2)20,10-27-15(3)21)8-25-11-19(24-6,12-28-16(4)22)13-29-17(5)23/h7-13H2,1-6H3. The lowest BCUT2D eigenvalue weighted by Gasteiger charge is -2.34. The summed E-state index contributed by atoms with van der Waals surface area (Å²) >= 11 is 0. The molecule has 0 N–H and O–H groups in total. The SMILES string of the molecule is CCC(COCC(COC(C)=O)(COC(C)=O)OC)(COC(C)=O)COC(C)=O. The molecule has 0 fully saturated rings. The van der Waals surface area contributed by atoms with Crippen LogP contribution >= 0.6 is 0 Å². The number of hydrogen-bond donors (Lipinski definition) is 0. The van der Waals surface area contributed by atoms with Crippen molar-refractivity contribution in [2.45, 2.75) is 46.6 Å². The van der Waals surface area contributed by atoms with E-state index in [9.17, 15) is 19.2 Å². The Morgan fingerprint density at radius 3 is 1.31 bits per heavy atom. The van der Waals surface area contributed by atoms with E-state index < -0.39 is 34.9 Å². The molecule has 0 saturated carbocycles. The van der Waals surface area contributed by atoms with Gasteiger partial charge in [0.15, 0.2) is 5.60 Å². The first kappa shape index (κ1) is 26.8. The first-order valence-corrected chi connectivity index (χ1v) is 9.16. The lowest BCUT2D eigenvalue weighted by molar-refractivity contribution is -0.180. The summed E-state index contributed by atoms with van der Waals surface area (Å²) in [5.41, 5.74) is -2.00. The van der Waals surface area contributed by atoms with E-state index in [4.69, 9.17) is 28.4 Å². The molecule has 0 aliphatic carbocycles. The summed E-state index contributed by atoms with van der Waals surface area (Å²) in [6.07, 6.45) is 0.488. The molecule has 0 aromatic carbocycles. The van der Waals surface area contributed by atoms with Crippen LogP contribution in [0.5, 0.6) is 0 Å². The Hall–Kier alpha value is -2.20. The molecule has 0 heterocycles. The van der Waals surface area contributed by atoms with Crippen LogP contribution in [0.4, 0.5) is 0 Å². The van der Waals surface area contributed by atoms with E-state index in [1.807, 2.05) is 6.92 Å². The van der Waals surface area contributed by atoms with Gasteiger partial charge in [-0.15, -0.1) is 0 Å². The maximum absolute atomic E-state index is 11.2. The lowest BCUT2D eigenvalue weighted by atomic mass is 9.88. The molecule has 0 spiro atoms. The second-order valence-corrected chi connectivity index (χ2v) is 6.85. The van der Waals surface area contributed by atoms with Crippen molar-refractivity contribution in [1.82, 2.24) is 0 Å². The lowest BCUT2D eigenvalue weighted by Crippen LogP contribution is -2.48. The summed E-state index contributed by atoms with van der Waals surface area (Å²) in [6, 6.07) is 0. The molecular weight excluding hydrogens is 388 g/mol. The Morgan fingerprint density at radius 2 is 1.00 bits per heavy atom. The van der Waals surface area contributed by atoms with Gasteiger partial charge in [-0.1, -0.05) is 6.92 Å². The maximum Gasteiger partial charge on any atom is 0.302 e. The van der Waals surface area contributed by atoms with Crippen molar-refractivity contribution in [3.63, 3.8) is 0 Å². The van der Waals surface area contributed by atoms with Gasteiger partial charge in [0, 0.05) is 34.8 Å². The largest absolute Gasteiger partial charge is 0.465 e. The molecular formula is C19H32O10. The first-order valence-electron chi connectivity index (χ1n) is 9.16. The third-order valence-corrected chi connectivity index (χ3v) is 4.20. The van der Waals surface area contributed by atoms with E-state index in [0.717, 1.165) is 0 Å². The van der Waals surface area contributed by atoms with Crippen LogP contribution in [0.1, 0.15) is 41.0 Å². The van der Waals surface area contributed by atoms with E-state index in [2.05, 4.69) is 0 Å². The smallest absolute Gasteiger partial charge is 0.302 e. The molecule has 0 rings (SSSR count). The summed E-state index contributed by atoms with van der Waals surface area (Å²) in [7, 11) is 1.38. The monoisotopic (exact) mass is 420 g/mol. The second kappa shape index (κ2) is 13.1. The molecule has 0 unspecified atom stereocenters. The Bertz CT molecular complexity index is 473.